The largest absolute Gasteiger partial charge is 0.334 e. The average Bonchev–Trinajstić information content (AvgIpc) is 3.12. The summed E-state index contributed by atoms with van der Waals surface area (Å²) in [7, 11) is -3.02. The van der Waals surface area contributed by atoms with Crippen LogP contribution in [0.15, 0.2) is 36.7 Å². The van der Waals surface area contributed by atoms with Gasteiger partial charge in [0.15, 0.2) is 9.84 Å². The second-order valence-electron chi connectivity index (χ2n) is 6.27. The second kappa shape index (κ2) is 7.53. The van der Waals surface area contributed by atoms with E-state index in [0.29, 0.717) is 19.5 Å². The molecule has 8 heteroatoms. The minimum atomic E-state index is -3.02. The van der Waals surface area contributed by atoms with E-state index in [1.807, 2.05) is 31.2 Å². The Kier molecular flexibility index (Phi) is 5.39. The predicted molar refractivity (Wildman–Crippen MR) is 98.1 cm³/mol. The van der Waals surface area contributed by atoms with Gasteiger partial charge in [0.2, 0.25) is 0 Å². The highest BCUT2D eigenvalue weighted by Crippen LogP contribution is 2.19. The molecule has 0 bridgehead atoms. The maximum Gasteiger partial charge on any atom is 0.318 e. The van der Waals surface area contributed by atoms with Gasteiger partial charge in [-0.3, -0.25) is 4.98 Å². The summed E-state index contributed by atoms with van der Waals surface area (Å²) in [5, 5.41) is 2.88. The molecule has 0 radical (unpaired) electrons. The highest BCUT2D eigenvalue weighted by molar-refractivity contribution is 7.91. The quantitative estimate of drug-likeness (QED) is 0.865. The van der Waals surface area contributed by atoms with Crippen LogP contribution in [0.25, 0.3) is 0 Å². The number of urea groups is 1. The van der Waals surface area contributed by atoms with E-state index in [9.17, 15) is 13.2 Å². The fraction of sp³-hybridized carbons (Fsp3) is 0.412. The SMILES string of the molecule is Cc1ccc(CN(Cc2ccncc2)C(=O)N[C@@H]2CCS(=O)(=O)C2)s1. The van der Waals surface area contributed by atoms with E-state index < -0.39 is 9.84 Å². The first-order chi connectivity index (χ1) is 11.9. The molecule has 0 unspecified atom stereocenters. The van der Waals surface area contributed by atoms with Gasteiger partial charge in [0, 0.05) is 34.7 Å². The fourth-order valence-corrected chi connectivity index (χ4v) is 5.42. The summed E-state index contributed by atoms with van der Waals surface area (Å²) < 4.78 is 23.2. The lowest BCUT2D eigenvalue weighted by Crippen LogP contribution is -2.44. The highest BCUT2D eigenvalue weighted by Gasteiger charge is 2.30. The lowest BCUT2D eigenvalue weighted by molar-refractivity contribution is 0.189. The summed E-state index contributed by atoms with van der Waals surface area (Å²) in [5.74, 6) is 0.173. The zero-order valence-electron chi connectivity index (χ0n) is 14.0. The molecule has 1 N–H and O–H groups in total. The standard InChI is InChI=1S/C17H21N3O3S2/c1-13-2-3-16(24-13)11-20(10-14-4-7-18-8-5-14)17(21)19-15-6-9-25(22,23)12-15/h2-5,7-8,15H,6,9-12H2,1H3,(H,19,21)/t15-/m1/s1. The van der Waals surface area contributed by atoms with Gasteiger partial charge in [0.05, 0.1) is 18.1 Å². The summed E-state index contributed by atoms with van der Waals surface area (Å²) in [6.07, 6.45) is 3.88. The van der Waals surface area contributed by atoms with Gasteiger partial charge in [-0.2, -0.15) is 0 Å². The van der Waals surface area contributed by atoms with Crippen LogP contribution in [0.4, 0.5) is 4.79 Å². The Hall–Kier alpha value is -1.93. The first kappa shape index (κ1) is 17.9. The zero-order valence-corrected chi connectivity index (χ0v) is 15.6. The molecule has 2 aromatic rings. The summed E-state index contributed by atoms with van der Waals surface area (Å²) in [6.45, 7) is 2.97. The Bertz CT molecular complexity index is 834. The number of carbonyl (C=O) groups excluding carboxylic acids is 1. The molecule has 0 aliphatic carbocycles. The molecule has 134 valence electrons. The van der Waals surface area contributed by atoms with Crippen molar-refractivity contribution in [2.24, 2.45) is 0 Å². The molecule has 0 aromatic carbocycles. The van der Waals surface area contributed by atoms with Crippen molar-refractivity contribution in [1.29, 1.82) is 0 Å². The Morgan fingerprint density at radius 3 is 2.64 bits per heavy atom. The number of pyridine rings is 1. The minimum Gasteiger partial charge on any atom is -0.334 e. The number of nitrogens with zero attached hydrogens (tertiary/aromatic N) is 2. The van der Waals surface area contributed by atoms with Crippen molar-refractivity contribution in [3.8, 4) is 0 Å². The Morgan fingerprint density at radius 1 is 1.28 bits per heavy atom. The molecule has 3 rings (SSSR count). The third-order valence-corrected chi connectivity index (χ3v) is 6.87. The normalized spacial score (nSPS) is 18.8. The average molecular weight is 380 g/mol. The topological polar surface area (TPSA) is 79.4 Å². The lowest BCUT2D eigenvalue weighted by atomic mass is 10.2. The third kappa shape index (κ3) is 5.02. The van der Waals surface area contributed by atoms with Gasteiger partial charge in [-0.05, 0) is 43.2 Å². The van der Waals surface area contributed by atoms with Crippen LogP contribution in [0.5, 0.6) is 0 Å². The van der Waals surface area contributed by atoms with Gasteiger partial charge >= 0.3 is 6.03 Å². The summed E-state index contributed by atoms with van der Waals surface area (Å²) in [6, 6.07) is 7.27. The van der Waals surface area contributed by atoms with Gasteiger partial charge in [-0.1, -0.05) is 0 Å². The number of aryl methyl sites for hydroxylation is 1. The number of amides is 2. The number of carbonyl (C=O) groups is 1. The minimum absolute atomic E-state index is 0.0277. The molecule has 1 atom stereocenters. The van der Waals surface area contributed by atoms with Crippen molar-refractivity contribution >= 4 is 27.2 Å². The van der Waals surface area contributed by atoms with Crippen molar-refractivity contribution < 1.29 is 13.2 Å². The molecule has 1 fully saturated rings. The van der Waals surface area contributed by atoms with Gasteiger partial charge < -0.3 is 10.2 Å². The molecule has 1 saturated heterocycles. The summed E-state index contributed by atoms with van der Waals surface area (Å²) in [5.41, 5.74) is 0.984. The maximum atomic E-state index is 12.7. The first-order valence-corrected chi connectivity index (χ1v) is 10.8. The van der Waals surface area contributed by atoms with Crippen molar-refractivity contribution in [3.05, 3.63) is 52.0 Å². The molecule has 1 aliphatic heterocycles. The molecule has 2 aromatic heterocycles. The van der Waals surface area contributed by atoms with E-state index >= 15 is 0 Å². The third-order valence-electron chi connectivity index (χ3n) is 4.11. The van der Waals surface area contributed by atoms with Crippen LogP contribution in [0, 0.1) is 6.92 Å². The lowest BCUT2D eigenvalue weighted by Gasteiger charge is -2.24. The Balaban J connectivity index is 1.71. The van der Waals surface area contributed by atoms with Crippen LogP contribution in [0.1, 0.15) is 21.7 Å². The van der Waals surface area contributed by atoms with E-state index in [4.69, 9.17) is 0 Å². The van der Waals surface area contributed by atoms with E-state index in [1.165, 1.54) is 4.88 Å². The van der Waals surface area contributed by atoms with E-state index in [0.717, 1.165) is 10.4 Å². The van der Waals surface area contributed by atoms with Gasteiger partial charge in [0.25, 0.3) is 0 Å². The highest BCUT2D eigenvalue weighted by atomic mass is 32.2. The van der Waals surface area contributed by atoms with E-state index in [1.54, 1.807) is 28.6 Å². The van der Waals surface area contributed by atoms with Crippen LogP contribution in [0.2, 0.25) is 0 Å². The molecule has 3 heterocycles. The molecular weight excluding hydrogens is 358 g/mol. The molecule has 0 spiro atoms. The molecular formula is C17H21N3O3S2. The molecule has 25 heavy (non-hydrogen) atoms. The number of hydrogen-bond acceptors (Lipinski definition) is 5. The van der Waals surface area contributed by atoms with Gasteiger partial charge in [-0.25, -0.2) is 13.2 Å². The molecule has 6 nitrogen and oxygen atoms in total. The summed E-state index contributed by atoms with van der Waals surface area (Å²) in [4.78, 5) is 20.7. The first-order valence-electron chi connectivity index (χ1n) is 8.11. The molecule has 2 amide bonds. The monoisotopic (exact) mass is 379 g/mol. The van der Waals surface area contributed by atoms with Crippen molar-refractivity contribution in [1.82, 2.24) is 15.2 Å². The molecule has 0 saturated carbocycles. The zero-order chi connectivity index (χ0) is 17.9. The predicted octanol–water partition coefficient (Wildman–Crippen LogP) is 2.35. The van der Waals surface area contributed by atoms with Crippen molar-refractivity contribution in [2.45, 2.75) is 32.5 Å². The van der Waals surface area contributed by atoms with Crippen LogP contribution in [-0.2, 0) is 22.9 Å². The van der Waals surface area contributed by atoms with Crippen LogP contribution < -0.4 is 5.32 Å². The van der Waals surface area contributed by atoms with E-state index in [-0.39, 0.29) is 23.6 Å². The number of aromatic nitrogens is 1. The van der Waals surface area contributed by atoms with Crippen molar-refractivity contribution in [2.75, 3.05) is 11.5 Å². The van der Waals surface area contributed by atoms with E-state index in [2.05, 4.69) is 10.3 Å². The van der Waals surface area contributed by atoms with Crippen LogP contribution in [-0.4, -0.2) is 41.9 Å². The number of hydrogen-bond donors (Lipinski definition) is 1. The smallest absolute Gasteiger partial charge is 0.318 e. The molecule has 1 aliphatic rings. The Morgan fingerprint density at radius 2 is 2.04 bits per heavy atom. The van der Waals surface area contributed by atoms with Gasteiger partial charge in [-0.15, -0.1) is 11.3 Å². The fourth-order valence-electron chi connectivity index (χ4n) is 2.84. The number of nitrogens with one attached hydrogen (secondary N) is 1. The summed E-state index contributed by atoms with van der Waals surface area (Å²) >= 11 is 1.66. The number of rotatable bonds is 5. The maximum absolute atomic E-state index is 12.7. The number of sulfone groups is 1. The van der Waals surface area contributed by atoms with Crippen molar-refractivity contribution in [3.63, 3.8) is 0 Å². The van der Waals surface area contributed by atoms with Gasteiger partial charge in [0.1, 0.15) is 0 Å². The van der Waals surface area contributed by atoms with Crippen LogP contribution >= 0.6 is 11.3 Å². The Labute approximate surface area is 151 Å². The van der Waals surface area contributed by atoms with Crippen LogP contribution in [0.3, 0.4) is 0 Å². The number of thiophene rings is 1. The second-order valence-corrected chi connectivity index (χ2v) is 9.87.